The molecule has 0 aliphatic carbocycles. The second-order valence-corrected chi connectivity index (χ2v) is 5.50. The third kappa shape index (κ3) is 3.58. The lowest BCUT2D eigenvalue weighted by molar-refractivity contribution is -0.384. The van der Waals surface area contributed by atoms with E-state index in [1.807, 2.05) is 0 Å². The smallest absolute Gasteiger partial charge is 0.336 e. The molecule has 0 saturated heterocycles. The van der Waals surface area contributed by atoms with Crippen LogP contribution < -0.4 is 5.32 Å². The molecule has 7 nitrogen and oxygen atoms in total. The van der Waals surface area contributed by atoms with E-state index in [1.165, 1.54) is 0 Å². The molecule has 0 fully saturated rings. The van der Waals surface area contributed by atoms with Gasteiger partial charge < -0.3 is 10.4 Å². The van der Waals surface area contributed by atoms with Crippen molar-refractivity contribution in [2.24, 2.45) is 0 Å². The molecule has 0 aromatic heterocycles. The molecule has 0 heterocycles. The zero-order valence-electron chi connectivity index (χ0n) is 10.9. The molecule has 0 aliphatic rings. The molecule has 0 radical (unpaired) electrons. The monoisotopic (exact) mass is 412 g/mol. The van der Waals surface area contributed by atoms with Crippen molar-refractivity contribution in [2.75, 3.05) is 5.32 Å². The van der Waals surface area contributed by atoms with Gasteiger partial charge in [0.15, 0.2) is 0 Å². The van der Waals surface area contributed by atoms with Gasteiger partial charge in [0.25, 0.3) is 11.6 Å². The van der Waals surface area contributed by atoms with Crippen LogP contribution in [-0.2, 0) is 0 Å². The van der Waals surface area contributed by atoms with Crippen molar-refractivity contribution in [1.82, 2.24) is 0 Å². The minimum atomic E-state index is -1.33. The summed E-state index contributed by atoms with van der Waals surface area (Å²) >= 11 is 2.10. The average molecular weight is 412 g/mol. The Morgan fingerprint density at radius 1 is 1.09 bits per heavy atom. The molecule has 2 rings (SSSR count). The molecule has 0 saturated carbocycles. The Balaban J connectivity index is 2.38. The van der Waals surface area contributed by atoms with Crippen LogP contribution in [0.1, 0.15) is 20.7 Å². The molecule has 2 aromatic rings. The summed E-state index contributed by atoms with van der Waals surface area (Å²) in [6.45, 7) is 0. The highest BCUT2D eigenvalue weighted by Crippen LogP contribution is 2.20. The predicted molar refractivity (Wildman–Crippen MR) is 87.2 cm³/mol. The fraction of sp³-hybridized carbons (Fsp3) is 0. The number of nitrogens with zero attached hydrogens (tertiary/aromatic N) is 1. The van der Waals surface area contributed by atoms with Gasteiger partial charge in [-0.2, -0.15) is 0 Å². The number of benzene rings is 2. The maximum atomic E-state index is 12.2. The summed E-state index contributed by atoms with van der Waals surface area (Å²) in [5, 5.41) is 22.4. The molecule has 0 aliphatic heterocycles. The number of non-ortho nitro benzene ring substituents is 1. The van der Waals surface area contributed by atoms with Gasteiger partial charge in [-0.05, 0) is 52.9 Å². The number of nitro groups is 1. The van der Waals surface area contributed by atoms with Crippen molar-refractivity contribution in [2.45, 2.75) is 0 Å². The molecule has 8 heteroatoms. The van der Waals surface area contributed by atoms with Crippen LogP contribution in [0.4, 0.5) is 11.4 Å². The SMILES string of the molecule is O=C(O)c1ccc([N+](=O)[O-])cc1C(=O)Nc1ccc(I)cc1. The number of rotatable bonds is 4. The zero-order chi connectivity index (χ0) is 16.3. The Bertz CT molecular complexity index is 758. The number of amides is 1. The number of nitro benzene ring substituents is 1. The van der Waals surface area contributed by atoms with E-state index < -0.39 is 16.8 Å². The van der Waals surface area contributed by atoms with Gasteiger partial charge in [0.05, 0.1) is 16.1 Å². The van der Waals surface area contributed by atoms with Crippen molar-refractivity contribution >= 4 is 45.8 Å². The molecule has 112 valence electrons. The van der Waals surface area contributed by atoms with Crippen LogP contribution in [0.25, 0.3) is 0 Å². The molecule has 0 bridgehead atoms. The van der Waals surface area contributed by atoms with Crippen LogP contribution in [0.3, 0.4) is 0 Å². The fourth-order valence-corrected chi connectivity index (χ4v) is 2.11. The fourth-order valence-electron chi connectivity index (χ4n) is 1.75. The van der Waals surface area contributed by atoms with Crippen LogP contribution in [-0.4, -0.2) is 21.9 Å². The lowest BCUT2D eigenvalue weighted by Gasteiger charge is -2.08. The zero-order valence-corrected chi connectivity index (χ0v) is 13.1. The van der Waals surface area contributed by atoms with Crippen LogP contribution in [0.15, 0.2) is 42.5 Å². The number of carboxylic acid groups (broad SMARTS) is 1. The first-order valence-corrected chi connectivity index (χ1v) is 7.05. The quantitative estimate of drug-likeness (QED) is 0.456. The molecule has 0 atom stereocenters. The summed E-state index contributed by atoms with van der Waals surface area (Å²) in [7, 11) is 0. The third-order valence-corrected chi connectivity index (χ3v) is 3.51. The van der Waals surface area contributed by atoms with Gasteiger partial charge >= 0.3 is 5.97 Å². The number of aromatic carboxylic acids is 1. The summed E-state index contributed by atoms with van der Waals surface area (Å²) < 4.78 is 0.970. The Kier molecular flexibility index (Phi) is 4.71. The summed E-state index contributed by atoms with van der Waals surface area (Å²) in [4.78, 5) is 33.4. The normalized spacial score (nSPS) is 10.0. The van der Waals surface area contributed by atoms with Crippen molar-refractivity contribution in [1.29, 1.82) is 0 Å². The highest BCUT2D eigenvalue weighted by molar-refractivity contribution is 14.1. The summed E-state index contributed by atoms with van der Waals surface area (Å²) in [5.41, 5.74) is -0.445. The number of carbonyl (C=O) groups is 2. The lowest BCUT2D eigenvalue weighted by Crippen LogP contribution is -2.16. The maximum Gasteiger partial charge on any atom is 0.336 e. The second-order valence-electron chi connectivity index (χ2n) is 4.25. The number of halogens is 1. The number of nitrogens with one attached hydrogen (secondary N) is 1. The Hall–Kier alpha value is -2.49. The Labute approximate surface area is 138 Å². The second kappa shape index (κ2) is 6.52. The minimum Gasteiger partial charge on any atom is -0.478 e. The van der Waals surface area contributed by atoms with Crippen molar-refractivity contribution in [3.63, 3.8) is 0 Å². The van der Waals surface area contributed by atoms with E-state index >= 15 is 0 Å². The first-order valence-electron chi connectivity index (χ1n) is 5.97. The van der Waals surface area contributed by atoms with E-state index in [2.05, 4.69) is 27.9 Å². The standard InChI is InChI=1S/C14H9IN2O5/c15-8-1-3-9(4-2-8)16-13(18)12-7-10(17(21)22)5-6-11(12)14(19)20/h1-7H,(H,16,18)(H,19,20). The van der Waals surface area contributed by atoms with Gasteiger partial charge in [-0.15, -0.1) is 0 Å². The molecule has 22 heavy (non-hydrogen) atoms. The topological polar surface area (TPSA) is 110 Å². The molecule has 2 aromatic carbocycles. The Morgan fingerprint density at radius 3 is 2.27 bits per heavy atom. The van der Waals surface area contributed by atoms with Crippen LogP contribution in [0.5, 0.6) is 0 Å². The van der Waals surface area contributed by atoms with Crippen LogP contribution in [0.2, 0.25) is 0 Å². The lowest BCUT2D eigenvalue weighted by atomic mass is 10.1. The molecule has 1 amide bonds. The summed E-state index contributed by atoms with van der Waals surface area (Å²) in [6, 6.07) is 9.87. The molecule has 0 unspecified atom stereocenters. The third-order valence-electron chi connectivity index (χ3n) is 2.79. The molecular weight excluding hydrogens is 403 g/mol. The highest BCUT2D eigenvalue weighted by Gasteiger charge is 2.20. The molecule has 0 spiro atoms. The molecular formula is C14H9IN2O5. The van der Waals surface area contributed by atoms with Gasteiger partial charge in [0.2, 0.25) is 0 Å². The highest BCUT2D eigenvalue weighted by atomic mass is 127. The van der Waals surface area contributed by atoms with E-state index in [9.17, 15) is 19.7 Å². The first-order chi connectivity index (χ1) is 10.4. The van der Waals surface area contributed by atoms with Crippen molar-refractivity contribution in [3.05, 3.63) is 67.3 Å². The van der Waals surface area contributed by atoms with Gasteiger partial charge in [0.1, 0.15) is 0 Å². The number of hydrogen-bond donors (Lipinski definition) is 2. The van der Waals surface area contributed by atoms with E-state index in [0.717, 1.165) is 21.8 Å². The number of carbonyl (C=O) groups excluding carboxylic acids is 1. The number of carboxylic acids is 1. The van der Waals surface area contributed by atoms with Crippen molar-refractivity contribution < 1.29 is 19.6 Å². The largest absolute Gasteiger partial charge is 0.478 e. The van der Waals surface area contributed by atoms with Gasteiger partial charge in [-0.25, -0.2) is 4.79 Å². The van der Waals surface area contributed by atoms with Gasteiger partial charge in [0, 0.05) is 21.4 Å². The number of anilines is 1. The van der Waals surface area contributed by atoms with Crippen LogP contribution in [0, 0.1) is 13.7 Å². The average Bonchev–Trinajstić information content (AvgIpc) is 2.48. The minimum absolute atomic E-state index is 0.264. The van der Waals surface area contributed by atoms with Gasteiger partial charge in [-0.1, -0.05) is 0 Å². The maximum absolute atomic E-state index is 12.2. The molecule has 2 N–H and O–H groups in total. The Morgan fingerprint density at radius 2 is 1.73 bits per heavy atom. The van der Waals surface area contributed by atoms with E-state index in [0.29, 0.717) is 5.69 Å². The van der Waals surface area contributed by atoms with E-state index in [1.54, 1.807) is 24.3 Å². The first kappa shape index (κ1) is 15.9. The van der Waals surface area contributed by atoms with Gasteiger partial charge in [-0.3, -0.25) is 14.9 Å². The van der Waals surface area contributed by atoms with E-state index in [4.69, 9.17) is 5.11 Å². The van der Waals surface area contributed by atoms with Crippen molar-refractivity contribution in [3.8, 4) is 0 Å². The van der Waals surface area contributed by atoms with Crippen LogP contribution >= 0.6 is 22.6 Å². The number of hydrogen-bond acceptors (Lipinski definition) is 4. The van der Waals surface area contributed by atoms with E-state index in [-0.39, 0.29) is 16.8 Å². The predicted octanol–water partition coefficient (Wildman–Crippen LogP) is 3.15. The summed E-state index contributed by atoms with van der Waals surface area (Å²) in [6.07, 6.45) is 0. The summed E-state index contributed by atoms with van der Waals surface area (Å²) in [5.74, 6) is -2.05.